The van der Waals surface area contributed by atoms with Crippen molar-refractivity contribution in [2.75, 3.05) is 23.7 Å². The number of H-pyrrole nitrogens is 1. The lowest BCUT2D eigenvalue weighted by atomic mass is 10.0. The second-order valence-corrected chi connectivity index (χ2v) is 8.42. The third kappa shape index (κ3) is 4.19. The Bertz CT molecular complexity index is 1200. The third-order valence-electron chi connectivity index (χ3n) is 5.28. The molecular formula is C21H22N8OS. The molecule has 158 valence electrons. The minimum Gasteiger partial charge on any atom is -0.351 e. The standard InChI is InChI=1S/C21H22N8OS/c1-13-12-17(28-27-13)24-18-15-7-11-31-19(15)26-21(25-18)23-14-5-9-29(10-6-14)20(30)16-4-2-3-8-22-16/h2-4,7-8,11-12,14H,5-6,9-10H2,1H3,(H3,23,24,25,26,27,28). The summed E-state index contributed by atoms with van der Waals surface area (Å²) in [5.74, 6) is 2.01. The number of likely N-dealkylation sites (tertiary alicyclic amines) is 1. The Balaban J connectivity index is 1.27. The maximum atomic E-state index is 12.6. The second kappa shape index (κ2) is 8.31. The summed E-state index contributed by atoms with van der Waals surface area (Å²) in [6.07, 6.45) is 3.30. The number of nitrogens with zero attached hydrogens (tertiary/aromatic N) is 5. The molecule has 10 heteroatoms. The Kier molecular flexibility index (Phi) is 5.21. The van der Waals surface area contributed by atoms with Gasteiger partial charge in [-0.15, -0.1) is 11.3 Å². The summed E-state index contributed by atoms with van der Waals surface area (Å²) in [5, 5.41) is 16.9. The number of anilines is 3. The first-order valence-corrected chi connectivity index (χ1v) is 11.0. The molecule has 4 aromatic rings. The van der Waals surface area contributed by atoms with Crippen molar-refractivity contribution in [2.24, 2.45) is 0 Å². The molecule has 0 bridgehead atoms. The predicted octanol–water partition coefficient (Wildman–Crippen LogP) is 3.58. The van der Waals surface area contributed by atoms with E-state index in [1.807, 2.05) is 41.5 Å². The van der Waals surface area contributed by atoms with Crippen molar-refractivity contribution in [1.82, 2.24) is 30.0 Å². The van der Waals surface area contributed by atoms with Crippen LogP contribution in [0.25, 0.3) is 10.2 Å². The summed E-state index contributed by atoms with van der Waals surface area (Å²) < 4.78 is 0. The predicted molar refractivity (Wildman–Crippen MR) is 121 cm³/mol. The number of carbonyl (C=O) groups excluding carboxylic acids is 1. The number of carbonyl (C=O) groups is 1. The van der Waals surface area contributed by atoms with E-state index >= 15 is 0 Å². The Labute approximate surface area is 182 Å². The quantitative estimate of drug-likeness (QED) is 0.440. The Morgan fingerprint density at radius 3 is 2.84 bits per heavy atom. The molecule has 0 spiro atoms. The molecule has 9 nitrogen and oxygen atoms in total. The van der Waals surface area contributed by atoms with Crippen molar-refractivity contribution in [2.45, 2.75) is 25.8 Å². The topological polar surface area (TPSA) is 112 Å². The molecule has 0 saturated carbocycles. The van der Waals surface area contributed by atoms with Gasteiger partial charge in [-0.25, -0.2) is 4.98 Å². The van der Waals surface area contributed by atoms with Gasteiger partial charge in [0.1, 0.15) is 16.3 Å². The summed E-state index contributed by atoms with van der Waals surface area (Å²) in [4.78, 5) is 28.9. The maximum Gasteiger partial charge on any atom is 0.272 e. The zero-order valence-corrected chi connectivity index (χ0v) is 17.8. The summed E-state index contributed by atoms with van der Waals surface area (Å²) in [6, 6.07) is 9.54. The van der Waals surface area contributed by atoms with Gasteiger partial charge in [0, 0.05) is 37.1 Å². The molecule has 1 fully saturated rings. The van der Waals surface area contributed by atoms with Gasteiger partial charge >= 0.3 is 0 Å². The molecule has 0 aromatic carbocycles. The fraction of sp³-hybridized carbons (Fsp3) is 0.286. The molecule has 0 atom stereocenters. The van der Waals surface area contributed by atoms with E-state index in [9.17, 15) is 4.79 Å². The molecule has 1 amide bonds. The van der Waals surface area contributed by atoms with Crippen molar-refractivity contribution in [3.63, 3.8) is 0 Å². The van der Waals surface area contributed by atoms with Crippen molar-refractivity contribution >= 4 is 45.0 Å². The lowest BCUT2D eigenvalue weighted by Crippen LogP contribution is -2.42. The number of thiophene rings is 1. The number of hydrogen-bond donors (Lipinski definition) is 3. The highest BCUT2D eigenvalue weighted by Gasteiger charge is 2.25. The lowest BCUT2D eigenvalue weighted by Gasteiger charge is -2.32. The summed E-state index contributed by atoms with van der Waals surface area (Å²) in [7, 11) is 0. The molecule has 1 aliphatic heterocycles. The molecule has 31 heavy (non-hydrogen) atoms. The lowest BCUT2D eigenvalue weighted by molar-refractivity contribution is 0.0712. The van der Waals surface area contributed by atoms with Gasteiger partial charge in [-0.2, -0.15) is 10.1 Å². The van der Waals surface area contributed by atoms with Crippen molar-refractivity contribution in [3.8, 4) is 0 Å². The Hall–Kier alpha value is -3.53. The van der Waals surface area contributed by atoms with Crippen LogP contribution in [-0.4, -0.2) is 55.1 Å². The van der Waals surface area contributed by atoms with E-state index in [1.54, 1.807) is 23.6 Å². The maximum absolute atomic E-state index is 12.6. The Morgan fingerprint density at radius 2 is 2.10 bits per heavy atom. The molecule has 4 aromatic heterocycles. The number of fused-ring (bicyclic) bond motifs is 1. The normalized spacial score (nSPS) is 14.7. The first kappa shape index (κ1) is 19.4. The van der Waals surface area contributed by atoms with E-state index in [0.29, 0.717) is 24.7 Å². The number of nitrogens with one attached hydrogen (secondary N) is 3. The van der Waals surface area contributed by atoms with Crippen LogP contribution in [0.15, 0.2) is 41.9 Å². The molecular weight excluding hydrogens is 412 g/mol. The van der Waals surface area contributed by atoms with E-state index in [4.69, 9.17) is 4.98 Å². The monoisotopic (exact) mass is 434 g/mol. The largest absolute Gasteiger partial charge is 0.351 e. The number of aromatic nitrogens is 5. The molecule has 5 heterocycles. The van der Waals surface area contributed by atoms with Gasteiger partial charge in [-0.05, 0) is 43.3 Å². The second-order valence-electron chi connectivity index (χ2n) is 7.52. The smallest absolute Gasteiger partial charge is 0.272 e. The number of aromatic amines is 1. The highest BCUT2D eigenvalue weighted by molar-refractivity contribution is 7.16. The van der Waals surface area contributed by atoms with Crippen LogP contribution in [0.5, 0.6) is 0 Å². The molecule has 1 saturated heterocycles. The van der Waals surface area contributed by atoms with E-state index in [1.165, 1.54) is 0 Å². The number of hydrogen-bond acceptors (Lipinski definition) is 8. The number of amides is 1. The highest BCUT2D eigenvalue weighted by Crippen LogP contribution is 2.29. The van der Waals surface area contributed by atoms with Gasteiger partial charge in [0.25, 0.3) is 5.91 Å². The van der Waals surface area contributed by atoms with E-state index < -0.39 is 0 Å². The zero-order valence-electron chi connectivity index (χ0n) is 17.0. The third-order valence-corrected chi connectivity index (χ3v) is 6.08. The van der Waals surface area contributed by atoms with E-state index in [0.717, 1.165) is 40.4 Å². The highest BCUT2D eigenvalue weighted by atomic mass is 32.1. The van der Waals surface area contributed by atoms with E-state index in [-0.39, 0.29) is 11.9 Å². The molecule has 5 rings (SSSR count). The molecule has 0 radical (unpaired) electrons. The van der Waals surface area contributed by atoms with Gasteiger partial charge in [-0.3, -0.25) is 14.9 Å². The first-order valence-electron chi connectivity index (χ1n) is 10.2. The molecule has 3 N–H and O–H groups in total. The van der Waals surface area contributed by atoms with Crippen LogP contribution < -0.4 is 10.6 Å². The SMILES string of the molecule is Cc1cc(Nc2nc(NC3CCN(C(=O)c4ccccn4)CC3)nc3sccc23)n[nH]1. The van der Waals surface area contributed by atoms with Gasteiger partial charge in [0.15, 0.2) is 5.82 Å². The fourth-order valence-electron chi connectivity index (χ4n) is 3.68. The van der Waals surface area contributed by atoms with Crippen molar-refractivity contribution < 1.29 is 4.79 Å². The van der Waals surface area contributed by atoms with Crippen LogP contribution >= 0.6 is 11.3 Å². The van der Waals surface area contributed by atoms with Crippen molar-refractivity contribution in [3.05, 3.63) is 53.3 Å². The fourth-order valence-corrected chi connectivity index (χ4v) is 4.44. The van der Waals surface area contributed by atoms with Crippen LogP contribution in [-0.2, 0) is 0 Å². The molecule has 1 aliphatic rings. The summed E-state index contributed by atoms with van der Waals surface area (Å²) in [5.41, 5.74) is 1.47. The number of pyridine rings is 1. The van der Waals surface area contributed by atoms with Gasteiger partial charge in [0.05, 0.1) is 5.39 Å². The first-order chi connectivity index (χ1) is 15.2. The number of piperidine rings is 1. The minimum atomic E-state index is -0.0175. The molecule has 0 unspecified atom stereocenters. The van der Waals surface area contributed by atoms with Crippen LogP contribution in [0.2, 0.25) is 0 Å². The Morgan fingerprint density at radius 1 is 1.23 bits per heavy atom. The average molecular weight is 435 g/mol. The van der Waals surface area contributed by atoms with Gasteiger partial charge < -0.3 is 15.5 Å². The zero-order chi connectivity index (χ0) is 21.2. The number of aryl methyl sites for hydroxylation is 1. The van der Waals surface area contributed by atoms with Crippen LogP contribution in [0.3, 0.4) is 0 Å². The van der Waals surface area contributed by atoms with Crippen molar-refractivity contribution in [1.29, 1.82) is 0 Å². The summed E-state index contributed by atoms with van der Waals surface area (Å²) in [6.45, 7) is 3.30. The van der Waals surface area contributed by atoms with Crippen LogP contribution in [0.1, 0.15) is 29.0 Å². The average Bonchev–Trinajstić information content (AvgIpc) is 3.43. The van der Waals surface area contributed by atoms with Crippen LogP contribution in [0.4, 0.5) is 17.6 Å². The summed E-state index contributed by atoms with van der Waals surface area (Å²) >= 11 is 1.58. The van der Waals surface area contributed by atoms with Gasteiger partial charge in [0.2, 0.25) is 5.95 Å². The number of rotatable bonds is 5. The molecule has 0 aliphatic carbocycles. The van der Waals surface area contributed by atoms with Crippen LogP contribution in [0, 0.1) is 6.92 Å². The minimum absolute atomic E-state index is 0.0175. The van der Waals surface area contributed by atoms with Gasteiger partial charge in [-0.1, -0.05) is 6.07 Å². The van der Waals surface area contributed by atoms with E-state index in [2.05, 4.69) is 30.8 Å².